The number of nitrogens with one attached hydrogen (secondary N) is 1. The molecule has 7 heteroatoms. The molecule has 0 rings (SSSR count). The van der Waals surface area contributed by atoms with Crippen molar-refractivity contribution in [2.75, 3.05) is 19.4 Å². The topological polar surface area (TPSA) is 50.7 Å². The molecule has 4 nitrogen and oxygen atoms in total. The van der Waals surface area contributed by atoms with Crippen molar-refractivity contribution >= 4 is 34.3 Å². The van der Waals surface area contributed by atoms with Crippen LogP contribution in [0.1, 0.15) is 33.1 Å². The van der Waals surface area contributed by atoms with E-state index in [2.05, 4.69) is 17.0 Å². The highest BCUT2D eigenvalue weighted by atomic mass is 33.3. The smallest absolute Gasteiger partial charge is 0.309 e. The van der Waals surface area contributed by atoms with Gasteiger partial charge in [0.25, 0.3) is 0 Å². The van der Waals surface area contributed by atoms with E-state index in [0.29, 0.717) is 0 Å². The minimum Gasteiger partial charge on any atom is -0.309 e. The third-order valence-electron chi connectivity index (χ3n) is 1.63. The van der Waals surface area contributed by atoms with Crippen LogP contribution in [-0.2, 0) is 9.09 Å². The Labute approximate surface area is 106 Å². The van der Waals surface area contributed by atoms with Crippen molar-refractivity contribution in [3.05, 3.63) is 0 Å². The highest BCUT2D eigenvalue weighted by Gasteiger charge is 2.21. The van der Waals surface area contributed by atoms with Gasteiger partial charge in [0.2, 0.25) is 0 Å². The maximum absolute atomic E-state index is 12.0. The molecule has 0 radical (unpaired) electrons. The summed E-state index contributed by atoms with van der Waals surface area (Å²) in [5.41, 5.74) is 0. The van der Waals surface area contributed by atoms with Crippen molar-refractivity contribution in [2.45, 2.75) is 33.1 Å². The Balaban J connectivity index is 3.86. The first kappa shape index (κ1) is 16.4. The second kappa shape index (κ2) is 10.5. The molecule has 0 fully saturated rings. The normalized spacial score (nSPS) is 15.2. The molecule has 96 valence electrons. The largest absolute Gasteiger partial charge is 0.361 e. The Morgan fingerprint density at radius 1 is 1.44 bits per heavy atom. The van der Waals surface area contributed by atoms with Crippen LogP contribution in [0.2, 0.25) is 0 Å². The fourth-order valence-corrected chi connectivity index (χ4v) is 6.07. The minimum atomic E-state index is -2.80. The van der Waals surface area contributed by atoms with Crippen LogP contribution >= 0.6 is 27.9 Å². The summed E-state index contributed by atoms with van der Waals surface area (Å²) in [5.74, 6) is 0.988. The van der Waals surface area contributed by atoms with E-state index in [1.807, 2.05) is 6.92 Å². The summed E-state index contributed by atoms with van der Waals surface area (Å²) in [6.07, 6.45) is 4.75. The maximum atomic E-state index is 12.0. The SMILES string of the molecule is CCCCSSP(=O)(NC=NCCC)OC. The minimum absolute atomic E-state index is 0.740. The van der Waals surface area contributed by atoms with Crippen LogP contribution in [-0.4, -0.2) is 25.7 Å². The van der Waals surface area contributed by atoms with Gasteiger partial charge in [-0.05, 0) is 12.8 Å². The number of hydrogen-bond donors (Lipinski definition) is 1. The van der Waals surface area contributed by atoms with Crippen molar-refractivity contribution in [1.82, 2.24) is 5.09 Å². The van der Waals surface area contributed by atoms with E-state index in [-0.39, 0.29) is 0 Å². The fourth-order valence-electron chi connectivity index (χ4n) is 0.720. The zero-order valence-corrected chi connectivity index (χ0v) is 12.7. The molecular weight excluding hydrogens is 263 g/mol. The van der Waals surface area contributed by atoms with Crippen molar-refractivity contribution in [2.24, 2.45) is 4.99 Å². The standard InChI is InChI=1S/C9H21N2O2PS2/c1-4-6-8-15-16-14(12,13-3)11-9-10-7-5-2/h9H,4-8H2,1-3H3,(H,10,11,12). The molecule has 0 aliphatic carbocycles. The van der Waals surface area contributed by atoms with Crippen LogP contribution in [0.5, 0.6) is 0 Å². The van der Waals surface area contributed by atoms with E-state index in [1.54, 1.807) is 10.8 Å². The Hall–Kier alpha value is 0.360. The highest BCUT2D eigenvalue weighted by molar-refractivity contribution is 8.99. The molecule has 0 spiro atoms. The van der Waals surface area contributed by atoms with Crippen LogP contribution in [0.4, 0.5) is 0 Å². The van der Waals surface area contributed by atoms with Crippen LogP contribution in [0.3, 0.4) is 0 Å². The highest BCUT2D eigenvalue weighted by Crippen LogP contribution is 2.60. The lowest BCUT2D eigenvalue weighted by Crippen LogP contribution is -2.06. The van der Waals surface area contributed by atoms with Crippen LogP contribution in [0, 0.1) is 0 Å². The second-order valence-corrected chi connectivity index (χ2v) is 9.44. The second-order valence-electron chi connectivity index (χ2n) is 3.09. The molecule has 0 aromatic heterocycles. The van der Waals surface area contributed by atoms with E-state index in [9.17, 15) is 4.57 Å². The van der Waals surface area contributed by atoms with Gasteiger partial charge in [-0.1, -0.05) is 31.1 Å². The lowest BCUT2D eigenvalue weighted by Gasteiger charge is -2.13. The van der Waals surface area contributed by atoms with Crippen molar-refractivity contribution in [3.63, 3.8) is 0 Å². The van der Waals surface area contributed by atoms with Gasteiger partial charge in [0.1, 0.15) is 0 Å². The first-order chi connectivity index (χ1) is 7.68. The van der Waals surface area contributed by atoms with E-state index in [4.69, 9.17) is 4.52 Å². The average Bonchev–Trinajstić information content (AvgIpc) is 2.31. The summed E-state index contributed by atoms with van der Waals surface area (Å²) < 4.78 is 17.0. The lowest BCUT2D eigenvalue weighted by atomic mass is 10.4. The summed E-state index contributed by atoms with van der Waals surface area (Å²) in [6.45, 7) is 2.12. The van der Waals surface area contributed by atoms with Gasteiger partial charge in [0, 0.05) is 29.8 Å². The summed E-state index contributed by atoms with van der Waals surface area (Å²) in [6, 6.07) is 0. The number of aliphatic imine (C=N–C) groups is 1. The first-order valence-electron chi connectivity index (χ1n) is 5.41. The van der Waals surface area contributed by atoms with Gasteiger partial charge in [-0.15, -0.1) is 0 Å². The summed E-state index contributed by atoms with van der Waals surface area (Å²) in [4.78, 5) is 4.06. The molecule has 0 heterocycles. The van der Waals surface area contributed by atoms with Crippen LogP contribution in [0.25, 0.3) is 0 Å². The van der Waals surface area contributed by atoms with E-state index in [0.717, 1.165) is 31.6 Å². The van der Waals surface area contributed by atoms with E-state index < -0.39 is 6.72 Å². The zero-order chi connectivity index (χ0) is 12.3. The number of rotatable bonds is 10. The monoisotopic (exact) mass is 284 g/mol. The Kier molecular flexibility index (Phi) is 10.7. The summed E-state index contributed by atoms with van der Waals surface area (Å²) in [5, 5.41) is 2.74. The molecule has 0 aromatic rings. The van der Waals surface area contributed by atoms with Gasteiger partial charge >= 0.3 is 6.72 Å². The number of hydrogen-bond acceptors (Lipinski definition) is 5. The number of nitrogens with zero attached hydrogens (tertiary/aromatic N) is 1. The summed E-state index contributed by atoms with van der Waals surface area (Å²) in [7, 11) is 4.30. The predicted molar refractivity (Wildman–Crippen MR) is 76.4 cm³/mol. The molecule has 0 aliphatic heterocycles. The Morgan fingerprint density at radius 2 is 2.19 bits per heavy atom. The quantitative estimate of drug-likeness (QED) is 0.216. The molecule has 0 amide bonds. The lowest BCUT2D eigenvalue weighted by molar-refractivity contribution is 0.406. The van der Waals surface area contributed by atoms with Gasteiger partial charge in [-0.2, -0.15) is 0 Å². The van der Waals surface area contributed by atoms with E-state index >= 15 is 0 Å². The third-order valence-corrected chi connectivity index (χ3v) is 8.19. The van der Waals surface area contributed by atoms with Gasteiger partial charge in [0.15, 0.2) is 0 Å². The van der Waals surface area contributed by atoms with E-state index in [1.165, 1.54) is 23.9 Å². The molecular formula is C9H21N2O2PS2. The molecule has 16 heavy (non-hydrogen) atoms. The molecule has 0 aliphatic rings. The van der Waals surface area contributed by atoms with Gasteiger partial charge < -0.3 is 4.52 Å². The third kappa shape index (κ3) is 8.50. The van der Waals surface area contributed by atoms with Crippen molar-refractivity contribution < 1.29 is 9.09 Å². The molecule has 0 aromatic carbocycles. The molecule has 0 saturated carbocycles. The average molecular weight is 284 g/mol. The Morgan fingerprint density at radius 3 is 2.75 bits per heavy atom. The zero-order valence-electron chi connectivity index (χ0n) is 10.1. The van der Waals surface area contributed by atoms with Gasteiger partial charge in [-0.25, -0.2) is 0 Å². The van der Waals surface area contributed by atoms with Gasteiger partial charge in [-0.3, -0.25) is 14.6 Å². The van der Waals surface area contributed by atoms with Gasteiger partial charge in [0.05, 0.1) is 6.34 Å². The fraction of sp³-hybridized carbons (Fsp3) is 0.889. The first-order valence-corrected chi connectivity index (χ1v) is 9.96. The molecule has 0 bridgehead atoms. The Bertz CT molecular complexity index is 240. The summed E-state index contributed by atoms with van der Waals surface area (Å²) >= 11 is 0. The van der Waals surface area contributed by atoms with Crippen LogP contribution in [0.15, 0.2) is 4.99 Å². The molecule has 1 N–H and O–H groups in total. The molecule has 0 saturated heterocycles. The maximum Gasteiger partial charge on any atom is 0.361 e. The molecule has 1 unspecified atom stereocenters. The van der Waals surface area contributed by atoms with Crippen molar-refractivity contribution in [3.8, 4) is 0 Å². The van der Waals surface area contributed by atoms with Crippen LogP contribution < -0.4 is 5.09 Å². The predicted octanol–water partition coefficient (Wildman–Crippen LogP) is 3.95. The molecule has 1 atom stereocenters. The number of unbranched alkanes of at least 4 members (excludes halogenated alkanes) is 1. The van der Waals surface area contributed by atoms with Crippen molar-refractivity contribution in [1.29, 1.82) is 0 Å².